The van der Waals surface area contributed by atoms with E-state index in [1.165, 1.54) is 24.3 Å². The van der Waals surface area contributed by atoms with Gasteiger partial charge in [-0.1, -0.05) is 12.1 Å². The third-order valence-corrected chi connectivity index (χ3v) is 1.98. The van der Waals surface area contributed by atoms with Crippen LogP contribution in [0, 0.1) is 0 Å². The standard InChI is InChI=1S/C11H10O7/c12-7-4-2-1-3-6(7)11(17)18-9(14)5-8(13)10(15)16/h1-4,8,12-13H,5H2,(H,15,16). The van der Waals surface area contributed by atoms with Crippen LogP contribution in [0.15, 0.2) is 24.3 Å². The number of para-hydroxylation sites is 1. The maximum absolute atomic E-state index is 11.4. The van der Waals surface area contributed by atoms with E-state index >= 15 is 0 Å². The first-order chi connectivity index (χ1) is 8.41. The van der Waals surface area contributed by atoms with Gasteiger partial charge in [-0.05, 0) is 12.1 Å². The monoisotopic (exact) mass is 254 g/mol. The van der Waals surface area contributed by atoms with Gasteiger partial charge in [-0.2, -0.15) is 0 Å². The molecule has 0 aliphatic rings. The van der Waals surface area contributed by atoms with E-state index in [0.717, 1.165) is 0 Å². The largest absolute Gasteiger partial charge is 0.507 e. The number of phenolic OH excluding ortho intramolecular Hbond substituents is 1. The number of benzene rings is 1. The van der Waals surface area contributed by atoms with Crippen molar-refractivity contribution in [2.75, 3.05) is 0 Å². The number of carboxylic acid groups (broad SMARTS) is 1. The maximum Gasteiger partial charge on any atom is 0.349 e. The third-order valence-electron chi connectivity index (χ3n) is 1.98. The first-order valence-corrected chi connectivity index (χ1v) is 4.85. The molecule has 0 aliphatic heterocycles. The lowest BCUT2D eigenvalue weighted by Gasteiger charge is -2.06. The van der Waals surface area contributed by atoms with E-state index in [4.69, 9.17) is 10.2 Å². The van der Waals surface area contributed by atoms with Crippen LogP contribution < -0.4 is 0 Å². The van der Waals surface area contributed by atoms with Gasteiger partial charge in [-0.3, -0.25) is 4.79 Å². The summed E-state index contributed by atoms with van der Waals surface area (Å²) < 4.78 is 4.28. The number of carbonyl (C=O) groups excluding carboxylic acids is 2. The van der Waals surface area contributed by atoms with Gasteiger partial charge in [-0.25, -0.2) is 9.59 Å². The minimum Gasteiger partial charge on any atom is -0.507 e. The molecule has 0 amide bonds. The number of phenols is 1. The molecule has 1 aromatic rings. The number of ether oxygens (including phenoxy) is 1. The summed E-state index contributed by atoms with van der Waals surface area (Å²) in [4.78, 5) is 32.8. The molecule has 0 bridgehead atoms. The van der Waals surface area contributed by atoms with E-state index < -0.39 is 30.4 Å². The second-order valence-corrected chi connectivity index (χ2v) is 3.34. The topological polar surface area (TPSA) is 121 Å². The first kappa shape index (κ1) is 13.7. The van der Waals surface area contributed by atoms with Crippen molar-refractivity contribution >= 4 is 17.9 Å². The van der Waals surface area contributed by atoms with Crippen molar-refractivity contribution in [3.05, 3.63) is 29.8 Å². The molecule has 0 saturated heterocycles. The Morgan fingerprint density at radius 3 is 2.39 bits per heavy atom. The Morgan fingerprint density at radius 1 is 1.22 bits per heavy atom. The minimum atomic E-state index is -1.94. The highest BCUT2D eigenvalue weighted by Crippen LogP contribution is 2.16. The molecule has 0 saturated carbocycles. The van der Waals surface area contributed by atoms with Crippen LogP contribution in [0.5, 0.6) is 5.75 Å². The van der Waals surface area contributed by atoms with Crippen LogP contribution >= 0.6 is 0 Å². The van der Waals surface area contributed by atoms with Crippen molar-refractivity contribution in [2.24, 2.45) is 0 Å². The summed E-state index contributed by atoms with van der Waals surface area (Å²) in [5.74, 6) is -4.27. The van der Waals surface area contributed by atoms with Crippen molar-refractivity contribution in [3.63, 3.8) is 0 Å². The molecule has 96 valence electrons. The molecule has 1 aromatic carbocycles. The average Bonchev–Trinajstić information content (AvgIpc) is 2.28. The van der Waals surface area contributed by atoms with Crippen molar-refractivity contribution < 1.29 is 34.4 Å². The summed E-state index contributed by atoms with van der Waals surface area (Å²) in [6.45, 7) is 0. The number of aromatic hydroxyl groups is 1. The number of esters is 2. The van der Waals surface area contributed by atoms with Crippen LogP contribution in [0.3, 0.4) is 0 Å². The van der Waals surface area contributed by atoms with Crippen LogP contribution in [0.4, 0.5) is 0 Å². The highest BCUT2D eigenvalue weighted by atomic mass is 16.6. The zero-order valence-electron chi connectivity index (χ0n) is 9.07. The van der Waals surface area contributed by atoms with Gasteiger partial charge < -0.3 is 20.1 Å². The molecule has 7 heteroatoms. The van der Waals surface area contributed by atoms with Crippen molar-refractivity contribution in [1.82, 2.24) is 0 Å². The predicted octanol–water partition coefficient (Wildman–Crippen LogP) is -0.0888. The molecule has 0 aromatic heterocycles. The van der Waals surface area contributed by atoms with Gasteiger partial charge in [0.2, 0.25) is 0 Å². The lowest BCUT2D eigenvalue weighted by molar-refractivity contribution is -0.153. The van der Waals surface area contributed by atoms with Gasteiger partial charge in [0.1, 0.15) is 11.3 Å². The molecule has 0 heterocycles. The summed E-state index contributed by atoms with van der Waals surface area (Å²) in [6, 6.07) is 5.39. The van der Waals surface area contributed by atoms with E-state index in [1.807, 2.05) is 0 Å². The summed E-state index contributed by atoms with van der Waals surface area (Å²) in [5.41, 5.74) is -0.226. The van der Waals surface area contributed by atoms with Crippen LogP contribution in [0.2, 0.25) is 0 Å². The van der Waals surface area contributed by atoms with Crippen molar-refractivity contribution in [2.45, 2.75) is 12.5 Å². The number of aliphatic hydroxyl groups is 1. The molecule has 0 radical (unpaired) electrons. The Balaban J connectivity index is 2.63. The molecule has 0 spiro atoms. The van der Waals surface area contributed by atoms with E-state index in [1.54, 1.807) is 0 Å². The van der Waals surface area contributed by atoms with E-state index in [-0.39, 0.29) is 11.3 Å². The number of rotatable bonds is 4. The maximum atomic E-state index is 11.4. The van der Waals surface area contributed by atoms with Gasteiger partial charge >= 0.3 is 17.9 Å². The van der Waals surface area contributed by atoms with Gasteiger partial charge in [0, 0.05) is 0 Å². The Morgan fingerprint density at radius 2 is 1.83 bits per heavy atom. The van der Waals surface area contributed by atoms with Gasteiger partial charge in [0.05, 0.1) is 6.42 Å². The molecule has 1 rings (SSSR count). The van der Waals surface area contributed by atoms with Crippen molar-refractivity contribution in [3.8, 4) is 5.75 Å². The lowest BCUT2D eigenvalue weighted by Crippen LogP contribution is -2.25. The molecule has 1 atom stereocenters. The van der Waals surface area contributed by atoms with Crippen LogP contribution in [-0.4, -0.2) is 39.3 Å². The zero-order valence-corrected chi connectivity index (χ0v) is 9.07. The normalized spacial score (nSPS) is 11.6. The second kappa shape index (κ2) is 5.78. The number of hydrogen-bond donors (Lipinski definition) is 3. The number of aliphatic hydroxyl groups excluding tert-OH is 1. The molecule has 0 aliphatic carbocycles. The molecule has 18 heavy (non-hydrogen) atoms. The number of carbonyl (C=O) groups is 3. The fourth-order valence-electron chi connectivity index (χ4n) is 1.09. The summed E-state index contributed by atoms with van der Waals surface area (Å²) in [7, 11) is 0. The molecular formula is C11H10O7. The van der Waals surface area contributed by atoms with E-state index in [9.17, 15) is 19.5 Å². The van der Waals surface area contributed by atoms with Crippen LogP contribution in [0.25, 0.3) is 0 Å². The van der Waals surface area contributed by atoms with Crippen LogP contribution in [-0.2, 0) is 14.3 Å². The Hall–Kier alpha value is -2.41. The zero-order chi connectivity index (χ0) is 13.7. The third kappa shape index (κ3) is 3.56. The van der Waals surface area contributed by atoms with Gasteiger partial charge in [-0.15, -0.1) is 0 Å². The van der Waals surface area contributed by atoms with Gasteiger partial charge in [0.15, 0.2) is 6.10 Å². The highest BCUT2D eigenvalue weighted by molar-refractivity contribution is 5.99. The summed E-state index contributed by atoms with van der Waals surface area (Å²) >= 11 is 0. The SMILES string of the molecule is O=C(CC(O)C(=O)O)OC(=O)c1ccccc1O. The molecule has 3 N–H and O–H groups in total. The van der Waals surface area contributed by atoms with Gasteiger partial charge in [0.25, 0.3) is 0 Å². The molecule has 7 nitrogen and oxygen atoms in total. The number of carboxylic acids is 1. The van der Waals surface area contributed by atoms with Crippen LogP contribution in [0.1, 0.15) is 16.8 Å². The second-order valence-electron chi connectivity index (χ2n) is 3.34. The molecule has 0 fully saturated rings. The van der Waals surface area contributed by atoms with E-state index in [0.29, 0.717) is 0 Å². The smallest absolute Gasteiger partial charge is 0.349 e. The molecule has 1 unspecified atom stereocenters. The average molecular weight is 254 g/mol. The molecular weight excluding hydrogens is 244 g/mol. The summed E-state index contributed by atoms with van der Waals surface area (Å²) in [5, 5.41) is 26.5. The fourth-order valence-corrected chi connectivity index (χ4v) is 1.09. The Labute approximate surface area is 101 Å². The number of aliphatic carboxylic acids is 1. The number of hydrogen-bond acceptors (Lipinski definition) is 6. The Kier molecular flexibility index (Phi) is 4.39. The van der Waals surface area contributed by atoms with E-state index in [2.05, 4.69) is 4.74 Å². The summed E-state index contributed by atoms with van der Waals surface area (Å²) in [6.07, 6.45) is -2.79. The lowest BCUT2D eigenvalue weighted by atomic mass is 10.2. The Bertz CT molecular complexity index is 480. The fraction of sp³-hybridized carbons (Fsp3) is 0.182. The first-order valence-electron chi connectivity index (χ1n) is 4.85. The predicted molar refractivity (Wildman–Crippen MR) is 56.8 cm³/mol. The van der Waals surface area contributed by atoms with Crippen molar-refractivity contribution in [1.29, 1.82) is 0 Å². The minimum absolute atomic E-state index is 0.226. The highest BCUT2D eigenvalue weighted by Gasteiger charge is 2.22. The quantitative estimate of drug-likeness (QED) is 0.507.